The summed E-state index contributed by atoms with van der Waals surface area (Å²) in [6.45, 7) is 4.52. The molecule has 4 amide bonds. The third kappa shape index (κ3) is 4.95. The van der Waals surface area contributed by atoms with Gasteiger partial charge in [0.2, 0.25) is 5.91 Å². The molecule has 0 unspecified atom stereocenters. The first kappa shape index (κ1) is 24.3. The zero-order valence-electron chi connectivity index (χ0n) is 20.7. The van der Waals surface area contributed by atoms with Gasteiger partial charge in [0.15, 0.2) is 0 Å². The summed E-state index contributed by atoms with van der Waals surface area (Å²) in [5.74, 6) is 0.303. The molecule has 0 bridgehead atoms. The Kier molecular flexibility index (Phi) is 6.95. The van der Waals surface area contributed by atoms with Crippen LogP contribution in [0.2, 0.25) is 0 Å². The van der Waals surface area contributed by atoms with Crippen LogP contribution in [0, 0.1) is 5.92 Å². The van der Waals surface area contributed by atoms with Crippen molar-refractivity contribution in [2.45, 2.75) is 38.1 Å². The van der Waals surface area contributed by atoms with Crippen LogP contribution in [0.25, 0.3) is 10.8 Å². The number of hydrogen-bond donors (Lipinski definition) is 2. The second kappa shape index (κ2) is 10.3. The van der Waals surface area contributed by atoms with Crippen molar-refractivity contribution in [2.24, 2.45) is 5.92 Å². The van der Waals surface area contributed by atoms with E-state index in [4.69, 9.17) is 0 Å². The Labute approximate surface area is 210 Å². The van der Waals surface area contributed by atoms with Gasteiger partial charge in [-0.25, -0.2) is 9.59 Å². The van der Waals surface area contributed by atoms with Gasteiger partial charge in [0.05, 0.1) is 11.9 Å². The number of nitrogens with zero attached hydrogens (tertiary/aromatic N) is 5. The van der Waals surface area contributed by atoms with Gasteiger partial charge in [0, 0.05) is 74.4 Å². The number of piperidine rings is 2. The first-order valence-electron chi connectivity index (χ1n) is 12.8. The number of imide groups is 1. The van der Waals surface area contributed by atoms with Crippen LogP contribution >= 0.6 is 0 Å². The number of rotatable bonds is 5. The number of anilines is 2. The molecule has 3 saturated heterocycles. The number of nitrogens with one attached hydrogen (secondary N) is 1. The first-order valence-corrected chi connectivity index (χ1v) is 12.8. The zero-order chi connectivity index (χ0) is 25.2. The summed E-state index contributed by atoms with van der Waals surface area (Å²) in [5, 5.41) is 13.5. The number of hydrogen-bond acceptors (Lipinski definition) is 6. The first-order chi connectivity index (χ1) is 17.4. The monoisotopic (exact) mass is 494 g/mol. The molecule has 192 valence electrons. The minimum atomic E-state index is -0.806. The van der Waals surface area contributed by atoms with E-state index < -0.39 is 12.1 Å². The Morgan fingerprint density at radius 2 is 1.78 bits per heavy atom. The van der Waals surface area contributed by atoms with E-state index in [1.165, 1.54) is 4.90 Å². The van der Waals surface area contributed by atoms with Crippen molar-refractivity contribution in [1.29, 1.82) is 0 Å². The van der Waals surface area contributed by atoms with E-state index in [0.29, 0.717) is 31.6 Å². The number of aromatic nitrogens is 1. The fourth-order valence-electron chi connectivity index (χ4n) is 5.86. The van der Waals surface area contributed by atoms with Crippen molar-refractivity contribution < 1.29 is 19.5 Å². The molecule has 4 heterocycles. The highest BCUT2D eigenvalue weighted by Crippen LogP contribution is 2.35. The lowest BCUT2D eigenvalue weighted by atomic mass is 9.94. The van der Waals surface area contributed by atoms with Crippen molar-refractivity contribution in [2.75, 3.05) is 56.1 Å². The summed E-state index contributed by atoms with van der Waals surface area (Å²) in [4.78, 5) is 47.6. The van der Waals surface area contributed by atoms with Crippen LogP contribution in [0.3, 0.4) is 0 Å². The van der Waals surface area contributed by atoms with E-state index in [-0.39, 0.29) is 12.3 Å². The molecule has 5 rings (SSSR count). The number of carbonyl (C=O) groups excluding carboxylic acids is 2. The van der Waals surface area contributed by atoms with Gasteiger partial charge < -0.3 is 19.8 Å². The van der Waals surface area contributed by atoms with Gasteiger partial charge in [-0.15, -0.1) is 0 Å². The fourth-order valence-corrected chi connectivity index (χ4v) is 5.86. The summed E-state index contributed by atoms with van der Waals surface area (Å²) in [5.41, 5.74) is 1.85. The minimum absolute atomic E-state index is 0.247. The largest absolute Gasteiger partial charge is 0.465 e. The Morgan fingerprint density at radius 1 is 1.03 bits per heavy atom. The maximum Gasteiger partial charge on any atom is 0.407 e. The average molecular weight is 495 g/mol. The SMILES string of the molecule is CN(CC1CCN(C(=O)O)CC1)C1CCN(c2cccc3c(N4CCC(=O)NC4=O)cncc23)CC1. The second-order valence-corrected chi connectivity index (χ2v) is 10.2. The topological polar surface area (TPSA) is 109 Å². The van der Waals surface area contributed by atoms with Crippen LogP contribution in [0.5, 0.6) is 0 Å². The molecule has 3 aliphatic heterocycles. The number of carboxylic acid groups (broad SMARTS) is 1. The van der Waals surface area contributed by atoms with Crippen molar-refractivity contribution in [1.82, 2.24) is 20.1 Å². The molecule has 1 aromatic heterocycles. The molecule has 2 aromatic rings. The molecule has 10 nitrogen and oxygen atoms in total. The predicted molar refractivity (Wildman–Crippen MR) is 137 cm³/mol. The molecule has 10 heteroatoms. The Morgan fingerprint density at radius 3 is 2.47 bits per heavy atom. The van der Waals surface area contributed by atoms with E-state index >= 15 is 0 Å². The van der Waals surface area contributed by atoms with E-state index in [1.54, 1.807) is 11.1 Å². The number of amides is 4. The summed E-state index contributed by atoms with van der Waals surface area (Å²) >= 11 is 0. The number of carbonyl (C=O) groups is 3. The second-order valence-electron chi connectivity index (χ2n) is 10.2. The van der Waals surface area contributed by atoms with Crippen molar-refractivity contribution in [3.8, 4) is 0 Å². The van der Waals surface area contributed by atoms with Crippen molar-refractivity contribution >= 4 is 40.2 Å². The smallest absolute Gasteiger partial charge is 0.407 e. The average Bonchev–Trinajstić information content (AvgIpc) is 2.88. The van der Waals surface area contributed by atoms with Crippen LogP contribution < -0.4 is 15.1 Å². The van der Waals surface area contributed by atoms with Crippen LogP contribution in [-0.2, 0) is 4.79 Å². The van der Waals surface area contributed by atoms with E-state index in [9.17, 15) is 19.5 Å². The number of benzene rings is 1. The maximum atomic E-state index is 12.4. The molecular weight excluding hydrogens is 460 g/mol. The lowest BCUT2D eigenvalue weighted by molar-refractivity contribution is -0.120. The maximum absolute atomic E-state index is 12.4. The van der Waals surface area contributed by atoms with Crippen molar-refractivity contribution in [3.63, 3.8) is 0 Å². The number of pyridine rings is 1. The van der Waals surface area contributed by atoms with Gasteiger partial charge >= 0.3 is 12.1 Å². The summed E-state index contributed by atoms with van der Waals surface area (Å²) in [7, 11) is 2.20. The molecular formula is C26H34N6O4. The zero-order valence-corrected chi connectivity index (χ0v) is 20.7. The third-order valence-corrected chi connectivity index (χ3v) is 7.96. The fraction of sp³-hybridized carbons (Fsp3) is 0.538. The van der Waals surface area contributed by atoms with Crippen LogP contribution in [0.4, 0.5) is 21.0 Å². The highest BCUT2D eigenvalue weighted by Gasteiger charge is 2.29. The molecule has 0 spiro atoms. The van der Waals surface area contributed by atoms with Crippen LogP contribution in [0.1, 0.15) is 32.1 Å². The van der Waals surface area contributed by atoms with E-state index in [0.717, 1.165) is 67.5 Å². The van der Waals surface area contributed by atoms with E-state index in [2.05, 4.69) is 33.2 Å². The molecule has 0 atom stereocenters. The van der Waals surface area contributed by atoms with Gasteiger partial charge in [-0.3, -0.25) is 20.0 Å². The van der Waals surface area contributed by atoms with Gasteiger partial charge in [-0.2, -0.15) is 0 Å². The standard InChI is InChI=1S/C26H34N6O4/c1-29(17-18-5-10-31(11-6-18)26(35)36)19-7-12-30(13-8-19)22-4-2-3-20-21(22)15-27-16-23(20)32-14-9-24(33)28-25(32)34/h2-4,15-16,18-19H,5-14,17H2,1H3,(H,35,36)(H,28,33,34). The van der Waals surface area contributed by atoms with Crippen LogP contribution in [-0.4, -0.2) is 90.3 Å². The molecule has 0 saturated carbocycles. The Balaban J connectivity index is 1.23. The molecule has 0 aliphatic carbocycles. The Bertz CT molecular complexity index is 1140. The number of likely N-dealkylation sites (tertiary alicyclic amines) is 1. The van der Waals surface area contributed by atoms with Gasteiger partial charge in [-0.05, 0) is 44.7 Å². The number of fused-ring (bicyclic) bond motifs is 1. The Hall–Kier alpha value is -3.40. The van der Waals surface area contributed by atoms with E-state index in [1.807, 2.05) is 18.3 Å². The van der Waals surface area contributed by atoms with Gasteiger partial charge in [0.1, 0.15) is 0 Å². The molecule has 3 aliphatic rings. The highest BCUT2D eigenvalue weighted by molar-refractivity contribution is 6.11. The summed E-state index contributed by atoms with van der Waals surface area (Å²) in [6.07, 6.45) is 7.02. The van der Waals surface area contributed by atoms with Gasteiger partial charge in [0.25, 0.3) is 0 Å². The van der Waals surface area contributed by atoms with Gasteiger partial charge in [-0.1, -0.05) is 12.1 Å². The summed E-state index contributed by atoms with van der Waals surface area (Å²) < 4.78 is 0. The predicted octanol–water partition coefficient (Wildman–Crippen LogP) is 2.97. The highest BCUT2D eigenvalue weighted by atomic mass is 16.4. The van der Waals surface area contributed by atoms with Crippen LogP contribution in [0.15, 0.2) is 30.6 Å². The molecule has 3 fully saturated rings. The lowest BCUT2D eigenvalue weighted by Crippen LogP contribution is -2.49. The molecule has 36 heavy (non-hydrogen) atoms. The quantitative estimate of drug-likeness (QED) is 0.658. The summed E-state index contributed by atoms with van der Waals surface area (Å²) in [6, 6.07) is 6.26. The molecule has 1 aromatic carbocycles. The van der Waals surface area contributed by atoms with Crippen molar-refractivity contribution in [3.05, 3.63) is 30.6 Å². The number of urea groups is 1. The molecule has 0 radical (unpaired) electrons. The lowest BCUT2D eigenvalue weighted by Gasteiger charge is -2.40. The third-order valence-electron chi connectivity index (χ3n) is 7.96. The normalized spacial score (nSPS) is 20.3. The minimum Gasteiger partial charge on any atom is -0.465 e. The molecule has 2 N–H and O–H groups in total.